The van der Waals surface area contributed by atoms with Gasteiger partial charge in [0.15, 0.2) is 0 Å². The van der Waals surface area contributed by atoms with E-state index in [1.54, 1.807) is 0 Å². The lowest BCUT2D eigenvalue weighted by Gasteiger charge is -2.21. The molecule has 1 aliphatic carbocycles. The van der Waals surface area contributed by atoms with Crippen molar-refractivity contribution >= 4 is 15.9 Å². The van der Waals surface area contributed by atoms with E-state index >= 15 is 0 Å². The number of benzene rings is 1. The first-order valence-corrected chi connectivity index (χ1v) is 8.76. The minimum Gasteiger partial charge on any atom is -0.488 e. The molecule has 1 N–H and O–H groups in total. The molecule has 2 nitrogen and oxygen atoms in total. The molecule has 0 saturated heterocycles. The van der Waals surface area contributed by atoms with Crippen LogP contribution >= 0.6 is 15.9 Å². The molecule has 2 aliphatic rings. The number of nitrogens with one attached hydrogen (secondary N) is 1. The van der Waals surface area contributed by atoms with Gasteiger partial charge in [0, 0.05) is 17.4 Å². The first-order valence-electron chi connectivity index (χ1n) is 7.97. The summed E-state index contributed by atoms with van der Waals surface area (Å²) < 4.78 is 7.11. The van der Waals surface area contributed by atoms with Crippen LogP contribution in [0, 0.1) is 5.92 Å². The maximum absolute atomic E-state index is 5.97. The Balaban J connectivity index is 1.36. The van der Waals surface area contributed by atoms with Crippen molar-refractivity contribution in [3.63, 3.8) is 0 Å². The third kappa shape index (κ3) is 3.76. The molecule has 0 aromatic heterocycles. The monoisotopic (exact) mass is 337 g/mol. The van der Waals surface area contributed by atoms with Crippen molar-refractivity contribution in [3.8, 4) is 5.75 Å². The van der Waals surface area contributed by atoms with Gasteiger partial charge in [-0.2, -0.15) is 0 Å². The van der Waals surface area contributed by atoms with Crippen LogP contribution in [0.25, 0.3) is 0 Å². The molecule has 0 bridgehead atoms. The molecule has 1 aromatic carbocycles. The largest absolute Gasteiger partial charge is 0.488 e. The van der Waals surface area contributed by atoms with Crippen LogP contribution in [0.15, 0.2) is 22.7 Å². The van der Waals surface area contributed by atoms with Gasteiger partial charge in [0.05, 0.1) is 0 Å². The Bertz CT molecular complexity index is 443. The maximum atomic E-state index is 5.97. The van der Waals surface area contributed by atoms with Gasteiger partial charge in [0.25, 0.3) is 0 Å². The zero-order chi connectivity index (χ0) is 13.8. The maximum Gasteiger partial charge on any atom is 0.123 e. The minimum absolute atomic E-state index is 0.311. The van der Waals surface area contributed by atoms with Crippen LogP contribution in [0.1, 0.15) is 44.1 Å². The second kappa shape index (κ2) is 6.95. The standard InChI is InChI=1S/C17H24BrNO/c18-15-6-7-17-14(10-15)11-16(20-17)12-19-9-8-13-4-2-1-3-5-13/h6-7,10,13,16,19H,1-5,8-9,11-12H2. The van der Waals surface area contributed by atoms with E-state index in [-0.39, 0.29) is 0 Å². The van der Waals surface area contributed by atoms with E-state index in [1.807, 2.05) is 0 Å². The van der Waals surface area contributed by atoms with Gasteiger partial charge in [0.1, 0.15) is 11.9 Å². The number of halogens is 1. The van der Waals surface area contributed by atoms with Crippen molar-refractivity contribution in [2.45, 2.75) is 51.0 Å². The fourth-order valence-corrected chi connectivity index (χ4v) is 3.86. The van der Waals surface area contributed by atoms with E-state index < -0.39 is 0 Å². The summed E-state index contributed by atoms with van der Waals surface area (Å²) in [6.07, 6.45) is 9.92. The Kier molecular flexibility index (Phi) is 5.00. The first kappa shape index (κ1) is 14.4. The topological polar surface area (TPSA) is 21.3 Å². The highest BCUT2D eigenvalue weighted by molar-refractivity contribution is 9.10. The fraction of sp³-hybridized carbons (Fsp3) is 0.647. The van der Waals surface area contributed by atoms with E-state index in [9.17, 15) is 0 Å². The van der Waals surface area contributed by atoms with Gasteiger partial charge in [-0.05, 0) is 42.6 Å². The lowest BCUT2D eigenvalue weighted by atomic mass is 9.87. The second-order valence-corrected chi connectivity index (χ2v) is 7.11. The quantitative estimate of drug-likeness (QED) is 0.808. The van der Waals surface area contributed by atoms with Crippen LogP contribution in [-0.2, 0) is 6.42 Å². The Hall–Kier alpha value is -0.540. The van der Waals surface area contributed by atoms with Crippen LogP contribution in [-0.4, -0.2) is 19.2 Å². The molecule has 1 fully saturated rings. The lowest BCUT2D eigenvalue weighted by Crippen LogP contribution is -2.31. The minimum atomic E-state index is 0.311. The predicted octanol–water partition coefficient (Wildman–Crippen LogP) is 4.31. The van der Waals surface area contributed by atoms with E-state index in [1.165, 1.54) is 44.1 Å². The second-order valence-electron chi connectivity index (χ2n) is 6.19. The van der Waals surface area contributed by atoms with Crippen LogP contribution < -0.4 is 10.1 Å². The first-order chi connectivity index (χ1) is 9.81. The molecule has 20 heavy (non-hydrogen) atoms. The zero-order valence-corrected chi connectivity index (χ0v) is 13.6. The number of fused-ring (bicyclic) bond motifs is 1. The summed E-state index contributed by atoms with van der Waals surface area (Å²) >= 11 is 3.52. The molecule has 1 saturated carbocycles. The molecule has 0 amide bonds. The number of hydrogen-bond donors (Lipinski definition) is 1. The van der Waals surface area contributed by atoms with Gasteiger partial charge < -0.3 is 10.1 Å². The smallest absolute Gasteiger partial charge is 0.123 e. The fourth-order valence-electron chi connectivity index (χ4n) is 3.45. The molecular formula is C17H24BrNO. The Morgan fingerprint density at radius 3 is 2.90 bits per heavy atom. The predicted molar refractivity (Wildman–Crippen MR) is 86.3 cm³/mol. The Morgan fingerprint density at radius 2 is 2.05 bits per heavy atom. The van der Waals surface area contributed by atoms with Gasteiger partial charge in [-0.15, -0.1) is 0 Å². The van der Waals surface area contributed by atoms with E-state index in [4.69, 9.17) is 4.74 Å². The lowest BCUT2D eigenvalue weighted by molar-refractivity contribution is 0.225. The number of rotatable bonds is 5. The van der Waals surface area contributed by atoms with Crippen LogP contribution in [0.3, 0.4) is 0 Å². The summed E-state index contributed by atoms with van der Waals surface area (Å²) in [5.74, 6) is 2.03. The summed E-state index contributed by atoms with van der Waals surface area (Å²) in [7, 11) is 0. The molecule has 1 aromatic rings. The van der Waals surface area contributed by atoms with Crippen molar-refractivity contribution in [1.29, 1.82) is 0 Å². The highest BCUT2D eigenvalue weighted by atomic mass is 79.9. The molecular weight excluding hydrogens is 314 g/mol. The van der Waals surface area contributed by atoms with Crippen molar-refractivity contribution in [3.05, 3.63) is 28.2 Å². The summed E-state index contributed by atoms with van der Waals surface area (Å²) in [6.45, 7) is 2.11. The highest BCUT2D eigenvalue weighted by Gasteiger charge is 2.22. The molecule has 3 rings (SSSR count). The SMILES string of the molecule is Brc1ccc2c(c1)CC(CNCCC1CCCCC1)O2. The number of ether oxygens (including phenoxy) is 1. The van der Waals surface area contributed by atoms with Crippen molar-refractivity contribution in [1.82, 2.24) is 5.32 Å². The third-order valence-electron chi connectivity index (χ3n) is 4.59. The van der Waals surface area contributed by atoms with Gasteiger partial charge in [-0.1, -0.05) is 48.0 Å². The van der Waals surface area contributed by atoms with Gasteiger partial charge in [0.2, 0.25) is 0 Å². The summed E-state index contributed by atoms with van der Waals surface area (Å²) in [6, 6.07) is 6.30. The van der Waals surface area contributed by atoms with Crippen molar-refractivity contribution < 1.29 is 4.74 Å². The van der Waals surface area contributed by atoms with Crippen molar-refractivity contribution in [2.75, 3.05) is 13.1 Å². The van der Waals surface area contributed by atoms with E-state index in [2.05, 4.69) is 39.4 Å². The molecule has 3 heteroatoms. The average molecular weight is 338 g/mol. The summed E-state index contributed by atoms with van der Waals surface area (Å²) in [5, 5.41) is 3.59. The molecule has 0 radical (unpaired) electrons. The van der Waals surface area contributed by atoms with E-state index in [0.29, 0.717) is 6.10 Å². The molecule has 1 aliphatic heterocycles. The number of hydrogen-bond acceptors (Lipinski definition) is 2. The van der Waals surface area contributed by atoms with Crippen molar-refractivity contribution in [2.24, 2.45) is 5.92 Å². The van der Waals surface area contributed by atoms with E-state index in [0.717, 1.165) is 35.7 Å². The Labute approximate surface area is 130 Å². The molecule has 0 spiro atoms. The third-order valence-corrected chi connectivity index (χ3v) is 5.08. The van der Waals surface area contributed by atoms with Gasteiger partial charge in [-0.3, -0.25) is 0 Å². The zero-order valence-electron chi connectivity index (χ0n) is 12.0. The Morgan fingerprint density at radius 1 is 1.20 bits per heavy atom. The average Bonchev–Trinajstić information content (AvgIpc) is 2.86. The molecule has 1 atom stereocenters. The van der Waals surface area contributed by atoms with Gasteiger partial charge in [-0.25, -0.2) is 0 Å². The molecule has 1 heterocycles. The van der Waals surface area contributed by atoms with Crippen LogP contribution in [0.4, 0.5) is 0 Å². The van der Waals surface area contributed by atoms with Crippen LogP contribution in [0.5, 0.6) is 5.75 Å². The highest BCUT2D eigenvalue weighted by Crippen LogP contribution is 2.31. The van der Waals surface area contributed by atoms with Crippen LogP contribution in [0.2, 0.25) is 0 Å². The molecule has 1 unspecified atom stereocenters. The van der Waals surface area contributed by atoms with Gasteiger partial charge >= 0.3 is 0 Å². The normalized spacial score (nSPS) is 22.6. The summed E-state index contributed by atoms with van der Waals surface area (Å²) in [5.41, 5.74) is 1.33. The molecule has 110 valence electrons. The summed E-state index contributed by atoms with van der Waals surface area (Å²) in [4.78, 5) is 0.